The average Bonchev–Trinajstić information content (AvgIpc) is 2.81. The number of hydrogen-bond acceptors (Lipinski definition) is 6. The van der Waals surface area contributed by atoms with Crippen molar-refractivity contribution in [2.24, 2.45) is 5.73 Å². The number of nitrogens with zero attached hydrogens (tertiary/aromatic N) is 3. The number of aromatic nitrogens is 1. The van der Waals surface area contributed by atoms with Gasteiger partial charge in [-0.3, -0.25) is 9.59 Å². The number of primary amides is 1. The van der Waals surface area contributed by atoms with Gasteiger partial charge in [0.2, 0.25) is 11.8 Å². The van der Waals surface area contributed by atoms with E-state index in [1.165, 1.54) is 6.08 Å². The summed E-state index contributed by atoms with van der Waals surface area (Å²) in [7, 11) is 0. The van der Waals surface area contributed by atoms with E-state index in [0.717, 1.165) is 5.75 Å². The number of para-hydroxylation sites is 1. The van der Waals surface area contributed by atoms with Gasteiger partial charge in [0.1, 0.15) is 28.6 Å². The van der Waals surface area contributed by atoms with Crippen LogP contribution in [-0.2, 0) is 4.79 Å². The van der Waals surface area contributed by atoms with Crippen molar-refractivity contribution in [3.05, 3.63) is 84.9 Å². The van der Waals surface area contributed by atoms with Gasteiger partial charge in [0.15, 0.2) is 0 Å². The Labute approximate surface area is 190 Å². The third-order valence-electron chi connectivity index (χ3n) is 5.89. The first-order valence-corrected chi connectivity index (χ1v) is 10.5. The van der Waals surface area contributed by atoms with Crippen molar-refractivity contribution in [1.82, 2.24) is 9.88 Å². The molecule has 5 rings (SSSR count). The van der Waals surface area contributed by atoms with Crippen LogP contribution in [0.2, 0.25) is 0 Å². The van der Waals surface area contributed by atoms with Crippen LogP contribution in [0.5, 0.6) is 23.1 Å². The molecule has 0 saturated carbocycles. The minimum atomic E-state index is -0.624. The summed E-state index contributed by atoms with van der Waals surface area (Å²) in [6.07, 6.45) is 1.33. The summed E-state index contributed by atoms with van der Waals surface area (Å²) in [5, 5.41) is 0. The van der Waals surface area contributed by atoms with Gasteiger partial charge in [-0.1, -0.05) is 24.8 Å². The maximum atomic E-state index is 11.9. The van der Waals surface area contributed by atoms with Crippen LogP contribution in [0, 0.1) is 0 Å². The average molecular weight is 442 g/mol. The molecule has 2 aliphatic heterocycles. The second-order valence-electron chi connectivity index (χ2n) is 7.86. The molecule has 2 aliphatic rings. The number of hydrogen-bond donors (Lipinski definition) is 1. The molecular weight excluding hydrogens is 420 g/mol. The molecule has 0 spiro atoms. The van der Waals surface area contributed by atoms with Gasteiger partial charge < -0.3 is 25.0 Å². The monoisotopic (exact) mass is 442 g/mol. The molecule has 0 aliphatic carbocycles. The molecule has 2 saturated heterocycles. The number of carbonyl (C=O) groups is 2. The van der Waals surface area contributed by atoms with Gasteiger partial charge in [-0.25, -0.2) is 0 Å². The lowest BCUT2D eigenvalue weighted by Gasteiger charge is -2.62. The second-order valence-corrected chi connectivity index (χ2v) is 7.86. The SMILES string of the molecule is C=CC(=O)N1C[C@@H]2C1CN2c1ccc(C(N)=O)c(Oc2ccc(Oc3ccccc3)cc2)n1. The van der Waals surface area contributed by atoms with Gasteiger partial charge in [0.05, 0.1) is 12.1 Å². The van der Waals surface area contributed by atoms with E-state index in [1.807, 2.05) is 30.3 Å². The molecule has 1 unspecified atom stereocenters. The van der Waals surface area contributed by atoms with Crippen LogP contribution in [-0.4, -0.2) is 46.9 Å². The zero-order valence-corrected chi connectivity index (χ0v) is 17.8. The number of likely N-dealkylation sites (tertiary alicyclic amines) is 1. The van der Waals surface area contributed by atoms with Crippen molar-refractivity contribution in [1.29, 1.82) is 0 Å². The van der Waals surface area contributed by atoms with E-state index in [4.69, 9.17) is 15.2 Å². The molecule has 2 aromatic carbocycles. The van der Waals surface area contributed by atoms with Gasteiger partial charge in [-0.05, 0) is 54.6 Å². The van der Waals surface area contributed by atoms with Crippen molar-refractivity contribution >= 4 is 17.6 Å². The van der Waals surface area contributed by atoms with Crippen LogP contribution in [0.3, 0.4) is 0 Å². The Hall–Kier alpha value is -4.33. The third-order valence-corrected chi connectivity index (χ3v) is 5.89. The van der Waals surface area contributed by atoms with E-state index in [9.17, 15) is 9.59 Å². The quantitative estimate of drug-likeness (QED) is 0.564. The fourth-order valence-corrected chi connectivity index (χ4v) is 4.06. The number of ether oxygens (including phenoxy) is 2. The van der Waals surface area contributed by atoms with Gasteiger partial charge in [0.25, 0.3) is 5.91 Å². The van der Waals surface area contributed by atoms with E-state index in [-0.39, 0.29) is 29.4 Å². The van der Waals surface area contributed by atoms with Crippen molar-refractivity contribution in [3.63, 3.8) is 0 Å². The summed E-state index contributed by atoms with van der Waals surface area (Å²) in [4.78, 5) is 32.2. The molecular formula is C25H22N4O4. The van der Waals surface area contributed by atoms with E-state index < -0.39 is 5.91 Å². The van der Waals surface area contributed by atoms with Gasteiger partial charge in [0, 0.05) is 13.1 Å². The summed E-state index contributed by atoms with van der Waals surface area (Å²) < 4.78 is 11.7. The topological polar surface area (TPSA) is 98.0 Å². The fourth-order valence-electron chi connectivity index (χ4n) is 4.06. The Balaban J connectivity index is 1.31. The van der Waals surface area contributed by atoms with Crippen LogP contribution in [0.1, 0.15) is 10.4 Å². The standard InChI is InChI=1S/C25H22N4O4/c1-2-23(30)29-15-20-21(29)14-28(20)22-13-12-19(24(26)31)25(27-22)33-18-10-8-17(9-11-18)32-16-6-4-3-5-7-16/h2-13,20-21H,1,14-15H2,(H2,26,31)/t20-,21?/m1/s1. The highest BCUT2D eigenvalue weighted by atomic mass is 16.5. The minimum Gasteiger partial charge on any atom is -0.457 e. The molecule has 166 valence electrons. The lowest BCUT2D eigenvalue weighted by atomic mass is 9.85. The molecule has 0 bridgehead atoms. The molecule has 3 aromatic rings. The van der Waals surface area contributed by atoms with Crippen molar-refractivity contribution < 1.29 is 19.1 Å². The number of pyridine rings is 1. The molecule has 2 N–H and O–H groups in total. The Kier molecular flexibility index (Phi) is 5.18. The van der Waals surface area contributed by atoms with Crippen LogP contribution in [0.25, 0.3) is 0 Å². The first-order chi connectivity index (χ1) is 16.0. The zero-order chi connectivity index (χ0) is 22.9. The van der Waals surface area contributed by atoms with Crippen molar-refractivity contribution in [3.8, 4) is 23.1 Å². The minimum absolute atomic E-state index is 0.0587. The predicted octanol–water partition coefficient (Wildman–Crippen LogP) is 3.35. The van der Waals surface area contributed by atoms with Crippen molar-refractivity contribution in [2.45, 2.75) is 12.1 Å². The van der Waals surface area contributed by atoms with Crippen LogP contribution >= 0.6 is 0 Å². The summed E-state index contributed by atoms with van der Waals surface area (Å²) in [5.74, 6) is 2.01. The van der Waals surface area contributed by atoms with Gasteiger partial charge in [-0.2, -0.15) is 4.98 Å². The number of anilines is 1. The largest absolute Gasteiger partial charge is 0.457 e. The summed E-state index contributed by atoms with van der Waals surface area (Å²) in [5.41, 5.74) is 5.72. The van der Waals surface area contributed by atoms with Gasteiger partial charge in [-0.15, -0.1) is 0 Å². The number of nitrogens with two attached hydrogens (primary N) is 1. The number of fused-ring (bicyclic) bond motifs is 1. The van der Waals surface area contributed by atoms with Crippen LogP contribution in [0.15, 0.2) is 79.4 Å². The molecule has 2 amide bonds. The summed E-state index contributed by atoms with van der Waals surface area (Å²) >= 11 is 0. The van der Waals surface area contributed by atoms with Crippen molar-refractivity contribution in [2.75, 3.05) is 18.0 Å². The van der Waals surface area contributed by atoms with Gasteiger partial charge >= 0.3 is 0 Å². The van der Waals surface area contributed by atoms with Crippen LogP contribution in [0.4, 0.5) is 5.82 Å². The molecule has 0 radical (unpaired) electrons. The van der Waals surface area contributed by atoms with Crippen LogP contribution < -0.4 is 20.1 Å². The number of benzene rings is 2. The molecule has 8 nitrogen and oxygen atoms in total. The summed E-state index contributed by atoms with van der Waals surface area (Å²) in [6.45, 7) is 4.83. The Bertz CT molecular complexity index is 1210. The predicted molar refractivity (Wildman–Crippen MR) is 123 cm³/mol. The maximum Gasteiger partial charge on any atom is 0.254 e. The van der Waals surface area contributed by atoms with E-state index in [2.05, 4.69) is 16.5 Å². The highest BCUT2D eigenvalue weighted by molar-refractivity contribution is 5.95. The fraction of sp³-hybridized carbons (Fsp3) is 0.160. The lowest BCUT2D eigenvalue weighted by molar-refractivity contribution is -0.138. The lowest BCUT2D eigenvalue weighted by Crippen LogP contribution is -2.80. The van der Waals surface area contributed by atoms with E-state index in [1.54, 1.807) is 41.3 Å². The summed E-state index contributed by atoms with van der Waals surface area (Å²) in [6, 6.07) is 20.2. The second kappa shape index (κ2) is 8.31. The number of piperazine rings is 1. The highest BCUT2D eigenvalue weighted by Gasteiger charge is 2.53. The molecule has 3 heterocycles. The molecule has 2 fully saturated rings. The Morgan fingerprint density at radius 1 is 0.909 bits per heavy atom. The smallest absolute Gasteiger partial charge is 0.254 e. The van der Waals surface area contributed by atoms with E-state index in [0.29, 0.717) is 30.4 Å². The third kappa shape index (κ3) is 3.87. The Morgan fingerprint density at radius 3 is 2.18 bits per heavy atom. The first-order valence-electron chi connectivity index (χ1n) is 10.5. The molecule has 33 heavy (non-hydrogen) atoms. The molecule has 1 aromatic heterocycles. The first kappa shape index (κ1) is 20.6. The number of carbonyl (C=O) groups excluding carboxylic acids is 2. The number of amides is 2. The number of rotatable bonds is 7. The highest BCUT2D eigenvalue weighted by Crippen LogP contribution is 2.38. The molecule has 8 heteroatoms. The maximum absolute atomic E-state index is 11.9. The molecule has 2 atom stereocenters. The van der Waals surface area contributed by atoms with E-state index >= 15 is 0 Å². The Morgan fingerprint density at radius 2 is 1.58 bits per heavy atom. The normalized spacial score (nSPS) is 18.4. The zero-order valence-electron chi connectivity index (χ0n) is 17.8.